The van der Waals surface area contributed by atoms with Crippen molar-refractivity contribution < 1.29 is 9.47 Å². The zero-order chi connectivity index (χ0) is 53.1. The summed E-state index contributed by atoms with van der Waals surface area (Å²) in [7, 11) is 0. The summed E-state index contributed by atoms with van der Waals surface area (Å²) in [5, 5.41) is 6.70. The Balaban J connectivity index is 1.01. The van der Waals surface area contributed by atoms with E-state index >= 15 is 0 Å². The number of rotatable bonds is 4. The second kappa shape index (κ2) is 16.2. The normalized spacial score (nSPS) is 14.6. The van der Waals surface area contributed by atoms with Crippen LogP contribution in [0.4, 0.5) is 22.7 Å². The maximum Gasteiger partial charge on any atom is 0.188 e. The quantitative estimate of drug-likeness (QED) is 0.164. The molecule has 3 aliphatic rings. The SMILES string of the molecule is [C-]#[N+]c1ccc2c(c1)c1ccccc1n2-c1cnc2c(c1)C1(c3cc(-n4c5ccccc5c5ccccc54)cnc3-2)c2cccc(N3c4ccccc4Oc4ccccc43)c2Oc2c(-n3c4ccccc4c4ccccc43)cccc21. The van der Waals surface area contributed by atoms with E-state index in [9.17, 15) is 0 Å². The molecule has 9 heteroatoms. The van der Waals surface area contributed by atoms with Crippen molar-refractivity contribution in [1.82, 2.24) is 23.7 Å². The first-order valence-electron chi connectivity index (χ1n) is 27.2. The zero-order valence-electron chi connectivity index (χ0n) is 43.1. The molecule has 0 saturated carbocycles. The van der Waals surface area contributed by atoms with Crippen LogP contribution < -0.4 is 14.4 Å². The van der Waals surface area contributed by atoms with Crippen molar-refractivity contribution in [3.8, 4) is 51.4 Å². The topological polar surface area (TPSA) is 66.6 Å². The van der Waals surface area contributed by atoms with Gasteiger partial charge in [-0.1, -0.05) is 146 Å². The van der Waals surface area contributed by atoms with Crippen LogP contribution in [0.2, 0.25) is 0 Å². The standard InChI is InChI=1S/C72H41N7O2/c1-73-43-36-37-61-51(38-43)50-22-6-9-27-58(50)77(61)45-40-55-69(75-42-45)68-54(39-44(41-74-68)76-56-25-7-2-18-46(56)47-19-3-8-26-57(47)76)72(55)52-23-16-32-64(78-59-28-10-4-20-48(59)49-21-5-11-29-60(49)78)70(52)81-71-53(72)24-17-33-65(71)79-62-30-12-14-34-66(62)80-67-35-15-13-31-63(67)79/h2-42H. The molecule has 0 fully saturated rings. The highest BCUT2D eigenvalue weighted by Gasteiger charge is 2.54. The molecule has 0 radical (unpaired) electrons. The van der Waals surface area contributed by atoms with Gasteiger partial charge in [0, 0.05) is 49.2 Å². The van der Waals surface area contributed by atoms with Crippen LogP contribution in [0.25, 0.3) is 98.7 Å². The Labute approximate surface area is 463 Å². The largest absolute Gasteiger partial charge is 0.453 e. The summed E-state index contributed by atoms with van der Waals surface area (Å²) < 4.78 is 21.6. The molecule has 0 amide bonds. The highest BCUT2D eigenvalue weighted by Crippen LogP contribution is 2.66. The van der Waals surface area contributed by atoms with Gasteiger partial charge in [0.2, 0.25) is 0 Å². The lowest BCUT2D eigenvalue weighted by atomic mass is 9.66. The first-order chi connectivity index (χ1) is 40.2. The number of aromatic nitrogens is 5. The van der Waals surface area contributed by atoms with Crippen LogP contribution in [0.3, 0.4) is 0 Å². The van der Waals surface area contributed by atoms with Gasteiger partial charge in [0.1, 0.15) is 0 Å². The third kappa shape index (κ3) is 5.76. The van der Waals surface area contributed by atoms with E-state index in [2.05, 4.69) is 224 Å². The highest BCUT2D eigenvalue weighted by molar-refractivity contribution is 6.12. The molecule has 0 N–H and O–H groups in total. The second-order valence-corrected chi connectivity index (χ2v) is 21.1. The van der Waals surface area contributed by atoms with Crippen molar-refractivity contribution in [3.63, 3.8) is 0 Å². The molecule has 2 aliphatic heterocycles. The molecule has 1 unspecified atom stereocenters. The number of ether oxygens (including phenoxy) is 2. The summed E-state index contributed by atoms with van der Waals surface area (Å²) in [5.74, 6) is 2.89. The van der Waals surface area contributed by atoms with Crippen molar-refractivity contribution in [2.45, 2.75) is 5.41 Å². The molecule has 376 valence electrons. The van der Waals surface area contributed by atoms with Gasteiger partial charge < -0.3 is 23.2 Å². The lowest BCUT2D eigenvalue weighted by Crippen LogP contribution is -2.33. The van der Waals surface area contributed by atoms with Gasteiger partial charge >= 0.3 is 0 Å². The minimum absolute atomic E-state index is 0.591. The predicted octanol–water partition coefficient (Wildman–Crippen LogP) is 18.4. The van der Waals surface area contributed by atoms with Gasteiger partial charge in [0.05, 0.1) is 103 Å². The van der Waals surface area contributed by atoms with Crippen LogP contribution in [-0.4, -0.2) is 23.7 Å². The number of hydrogen-bond donors (Lipinski definition) is 0. The van der Waals surface area contributed by atoms with E-state index in [-0.39, 0.29) is 0 Å². The lowest BCUT2D eigenvalue weighted by molar-refractivity contribution is 0.434. The number of para-hydroxylation sites is 11. The highest BCUT2D eigenvalue weighted by atomic mass is 16.5. The van der Waals surface area contributed by atoms with E-state index in [1.807, 2.05) is 48.8 Å². The van der Waals surface area contributed by atoms with Gasteiger partial charge in [0.25, 0.3) is 0 Å². The smallest absolute Gasteiger partial charge is 0.188 e. The minimum Gasteiger partial charge on any atom is -0.453 e. The van der Waals surface area contributed by atoms with Gasteiger partial charge in [0.15, 0.2) is 28.7 Å². The maximum absolute atomic E-state index is 7.99. The van der Waals surface area contributed by atoms with Crippen LogP contribution in [0.15, 0.2) is 249 Å². The van der Waals surface area contributed by atoms with E-state index < -0.39 is 5.41 Å². The summed E-state index contributed by atoms with van der Waals surface area (Å²) in [6, 6.07) is 83.4. The Morgan fingerprint density at radius 1 is 0.346 bits per heavy atom. The van der Waals surface area contributed by atoms with Crippen molar-refractivity contribution in [1.29, 1.82) is 0 Å². The monoisotopic (exact) mass is 1040 g/mol. The predicted molar refractivity (Wildman–Crippen MR) is 323 cm³/mol. The van der Waals surface area contributed by atoms with E-state index in [0.29, 0.717) is 17.2 Å². The van der Waals surface area contributed by atoms with Crippen molar-refractivity contribution in [2.24, 2.45) is 0 Å². The number of anilines is 3. The molecule has 5 aromatic heterocycles. The van der Waals surface area contributed by atoms with Gasteiger partial charge in [-0.3, -0.25) is 14.9 Å². The molecular formula is C72H41N7O2. The lowest BCUT2D eigenvalue weighted by Gasteiger charge is -2.42. The third-order valence-corrected chi connectivity index (χ3v) is 17.2. The average molecular weight is 1040 g/mol. The van der Waals surface area contributed by atoms with Crippen LogP contribution >= 0.6 is 0 Å². The van der Waals surface area contributed by atoms with E-state index in [1.54, 1.807) is 0 Å². The molecule has 0 saturated heterocycles. The number of hydrogen-bond acceptors (Lipinski definition) is 5. The molecule has 9 nitrogen and oxygen atoms in total. The van der Waals surface area contributed by atoms with Crippen LogP contribution in [0.5, 0.6) is 23.0 Å². The summed E-state index contributed by atoms with van der Waals surface area (Å²) in [6.07, 6.45) is 4.01. The molecule has 7 heterocycles. The molecule has 15 aromatic rings. The minimum atomic E-state index is -1.11. The fraction of sp³-hybridized carbons (Fsp3) is 0.0139. The summed E-state index contributed by atoms with van der Waals surface area (Å²) in [5.41, 5.74) is 16.6. The Hall–Kier alpha value is -11.2. The van der Waals surface area contributed by atoms with Gasteiger partial charge in [-0.05, 0) is 96.4 Å². The Morgan fingerprint density at radius 3 is 1.26 bits per heavy atom. The van der Waals surface area contributed by atoms with Crippen LogP contribution in [0.1, 0.15) is 22.3 Å². The van der Waals surface area contributed by atoms with E-state index in [1.165, 1.54) is 10.8 Å². The van der Waals surface area contributed by atoms with Crippen molar-refractivity contribution in [2.75, 3.05) is 4.90 Å². The average Bonchev–Trinajstić information content (AvgIpc) is 4.19. The first-order valence-corrected chi connectivity index (χ1v) is 27.2. The summed E-state index contributed by atoms with van der Waals surface area (Å²) >= 11 is 0. The van der Waals surface area contributed by atoms with Gasteiger partial charge in [-0.2, -0.15) is 0 Å². The van der Waals surface area contributed by atoms with Crippen LogP contribution in [0, 0.1) is 6.57 Å². The number of nitrogens with zero attached hydrogens (tertiary/aromatic N) is 7. The number of pyridine rings is 2. The Bertz CT molecular complexity index is 5160. The Morgan fingerprint density at radius 2 is 0.753 bits per heavy atom. The molecule has 10 aromatic carbocycles. The van der Waals surface area contributed by atoms with E-state index in [0.717, 1.165) is 134 Å². The van der Waals surface area contributed by atoms with Crippen LogP contribution in [-0.2, 0) is 5.41 Å². The van der Waals surface area contributed by atoms with E-state index in [4.69, 9.17) is 26.0 Å². The third-order valence-electron chi connectivity index (χ3n) is 17.2. The summed E-state index contributed by atoms with van der Waals surface area (Å²) in [6.45, 7) is 7.99. The Kier molecular flexibility index (Phi) is 8.76. The molecular weight excluding hydrogens is 995 g/mol. The fourth-order valence-electron chi connectivity index (χ4n) is 13.9. The number of benzene rings is 10. The number of fused-ring (bicyclic) bond motifs is 20. The maximum atomic E-state index is 7.99. The second-order valence-electron chi connectivity index (χ2n) is 21.1. The first kappa shape index (κ1) is 43.8. The van der Waals surface area contributed by atoms with Gasteiger partial charge in [-0.25, -0.2) is 4.85 Å². The molecule has 81 heavy (non-hydrogen) atoms. The van der Waals surface area contributed by atoms with Crippen molar-refractivity contribution in [3.05, 3.63) is 283 Å². The molecule has 1 aliphatic carbocycles. The van der Waals surface area contributed by atoms with Gasteiger partial charge in [-0.15, -0.1) is 0 Å². The summed E-state index contributed by atoms with van der Waals surface area (Å²) in [4.78, 5) is 17.4. The molecule has 1 spiro atoms. The van der Waals surface area contributed by atoms with Crippen molar-refractivity contribution >= 4 is 88.2 Å². The zero-order valence-corrected chi connectivity index (χ0v) is 43.1. The molecule has 0 bridgehead atoms. The molecule has 1 atom stereocenters. The molecule has 18 rings (SSSR count). The fourth-order valence-corrected chi connectivity index (χ4v) is 13.9.